The van der Waals surface area contributed by atoms with Gasteiger partial charge in [0.1, 0.15) is 0 Å². The number of carboxylic acids is 1. The van der Waals surface area contributed by atoms with Crippen molar-refractivity contribution in [2.45, 2.75) is 142 Å². The van der Waals surface area contributed by atoms with Crippen LogP contribution in [0.5, 0.6) is 0 Å². The van der Waals surface area contributed by atoms with E-state index >= 15 is 0 Å². The molecule has 0 spiro atoms. The quantitative estimate of drug-likeness (QED) is 0.137. The molecule has 0 atom stereocenters. The number of carbonyl (C=O) groups excluding carboxylic acids is 1. The number of unbranched alkanes of at least 4 members (excludes halogenated alkanes) is 17. The molecule has 0 saturated heterocycles. The minimum atomic E-state index is -0.694. The van der Waals surface area contributed by atoms with Gasteiger partial charge in [0, 0.05) is 12.8 Å². The zero-order valence-corrected chi connectivity index (χ0v) is 19.2. The van der Waals surface area contributed by atoms with Crippen molar-refractivity contribution in [2.24, 2.45) is 0 Å². The van der Waals surface area contributed by atoms with E-state index in [1.807, 2.05) is 0 Å². The van der Waals surface area contributed by atoms with Gasteiger partial charge < -0.3 is 9.84 Å². The van der Waals surface area contributed by atoms with Gasteiger partial charge in [-0.05, 0) is 19.3 Å². The first-order valence-electron chi connectivity index (χ1n) is 12.5. The molecule has 0 aromatic carbocycles. The molecule has 0 fully saturated rings. The Hall–Kier alpha value is -1.06. The van der Waals surface area contributed by atoms with E-state index < -0.39 is 5.97 Å². The summed E-state index contributed by atoms with van der Waals surface area (Å²) in [7, 11) is 0. The van der Waals surface area contributed by atoms with E-state index in [0.29, 0.717) is 19.4 Å². The summed E-state index contributed by atoms with van der Waals surface area (Å²) in [6, 6.07) is 0. The van der Waals surface area contributed by atoms with E-state index in [-0.39, 0.29) is 5.97 Å². The van der Waals surface area contributed by atoms with Crippen LogP contribution in [0.2, 0.25) is 0 Å². The molecular formula is C25H48O4. The highest BCUT2D eigenvalue weighted by Gasteiger charge is 2.03. The first kappa shape index (κ1) is 27.9. The molecule has 1 N–H and O–H groups in total. The number of esters is 1. The summed E-state index contributed by atoms with van der Waals surface area (Å²) in [6.45, 7) is 2.85. The van der Waals surface area contributed by atoms with Crippen molar-refractivity contribution in [3.05, 3.63) is 0 Å². The van der Waals surface area contributed by atoms with Crippen molar-refractivity contribution in [1.82, 2.24) is 0 Å². The zero-order chi connectivity index (χ0) is 21.4. The maximum absolute atomic E-state index is 11.7. The first-order valence-corrected chi connectivity index (χ1v) is 12.5. The normalized spacial score (nSPS) is 10.9. The Bertz CT molecular complexity index is 368. The lowest BCUT2D eigenvalue weighted by Gasteiger charge is -2.05. The van der Waals surface area contributed by atoms with Crippen molar-refractivity contribution >= 4 is 11.9 Å². The lowest BCUT2D eigenvalue weighted by Crippen LogP contribution is -2.05. The van der Waals surface area contributed by atoms with E-state index in [1.54, 1.807) is 0 Å². The number of carboxylic acid groups (broad SMARTS) is 1. The minimum Gasteiger partial charge on any atom is -0.481 e. The lowest BCUT2D eigenvalue weighted by molar-refractivity contribution is -0.144. The van der Waals surface area contributed by atoms with Crippen molar-refractivity contribution in [2.75, 3.05) is 6.61 Å². The molecule has 0 radical (unpaired) electrons. The lowest BCUT2D eigenvalue weighted by atomic mass is 10.1. The molecule has 0 saturated carbocycles. The number of rotatable bonds is 23. The molecule has 0 amide bonds. The maximum Gasteiger partial charge on any atom is 0.305 e. The Morgan fingerprint density at radius 3 is 1.38 bits per heavy atom. The molecule has 0 aliphatic heterocycles. The molecule has 0 bridgehead atoms. The number of aliphatic carboxylic acids is 1. The minimum absolute atomic E-state index is 0.0363. The Kier molecular flexibility index (Phi) is 22.4. The van der Waals surface area contributed by atoms with Crippen molar-refractivity contribution in [3.8, 4) is 0 Å². The van der Waals surface area contributed by atoms with Crippen LogP contribution in [0.4, 0.5) is 0 Å². The Balaban J connectivity index is 3.16. The summed E-state index contributed by atoms with van der Waals surface area (Å²) in [5.41, 5.74) is 0. The molecule has 0 heterocycles. The summed E-state index contributed by atoms with van der Waals surface area (Å²) in [4.78, 5) is 22.1. The molecule has 0 aliphatic carbocycles. The van der Waals surface area contributed by atoms with E-state index in [0.717, 1.165) is 44.9 Å². The molecule has 29 heavy (non-hydrogen) atoms. The van der Waals surface area contributed by atoms with Crippen LogP contribution in [0, 0.1) is 0 Å². The fourth-order valence-electron chi connectivity index (χ4n) is 3.63. The largest absolute Gasteiger partial charge is 0.481 e. The van der Waals surface area contributed by atoms with Gasteiger partial charge in [-0.2, -0.15) is 0 Å². The summed E-state index contributed by atoms with van der Waals surface area (Å²) >= 11 is 0. The number of hydrogen-bond acceptors (Lipinski definition) is 3. The zero-order valence-electron chi connectivity index (χ0n) is 19.2. The monoisotopic (exact) mass is 412 g/mol. The average molecular weight is 413 g/mol. The highest BCUT2D eigenvalue weighted by molar-refractivity contribution is 5.69. The summed E-state index contributed by atoms with van der Waals surface area (Å²) < 4.78 is 5.33. The van der Waals surface area contributed by atoms with Crippen molar-refractivity contribution in [3.63, 3.8) is 0 Å². The van der Waals surface area contributed by atoms with Crippen LogP contribution in [-0.2, 0) is 14.3 Å². The van der Waals surface area contributed by atoms with Crippen molar-refractivity contribution in [1.29, 1.82) is 0 Å². The molecule has 0 unspecified atom stereocenters. The highest BCUT2D eigenvalue weighted by Crippen LogP contribution is 2.12. The van der Waals surface area contributed by atoms with E-state index in [4.69, 9.17) is 9.84 Å². The van der Waals surface area contributed by atoms with Gasteiger partial charge in [0.25, 0.3) is 0 Å². The van der Waals surface area contributed by atoms with Crippen LogP contribution in [0.3, 0.4) is 0 Å². The van der Waals surface area contributed by atoms with Gasteiger partial charge in [-0.15, -0.1) is 0 Å². The van der Waals surface area contributed by atoms with Gasteiger partial charge in [-0.3, -0.25) is 9.59 Å². The van der Waals surface area contributed by atoms with Crippen LogP contribution >= 0.6 is 0 Å². The number of hydrogen-bond donors (Lipinski definition) is 1. The Morgan fingerprint density at radius 1 is 0.552 bits per heavy atom. The van der Waals surface area contributed by atoms with E-state index in [1.165, 1.54) is 77.0 Å². The average Bonchev–Trinajstić information content (AvgIpc) is 2.70. The van der Waals surface area contributed by atoms with Crippen LogP contribution in [0.25, 0.3) is 0 Å². The molecule has 0 aliphatic rings. The van der Waals surface area contributed by atoms with Gasteiger partial charge in [0.2, 0.25) is 0 Å². The Morgan fingerprint density at radius 2 is 0.931 bits per heavy atom. The molecule has 0 rings (SSSR count). The highest BCUT2D eigenvalue weighted by atomic mass is 16.5. The summed E-state index contributed by atoms with van der Waals surface area (Å²) in [5, 5.41) is 8.57. The van der Waals surface area contributed by atoms with Gasteiger partial charge in [0.15, 0.2) is 0 Å². The number of carbonyl (C=O) groups is 2. The standard InChI is InChI=1S/C25H48O4/c1-2-3-4-5-6-7-8-11-14-17-20-23-29-25(28)22-19-16-13-10-9-12-15-18-21-24(26)27/h2-23H2,1H3,(H,26,27). The summed E-state index contributed by atoms with van der Waals surface area (Å²) in [5.74, 6) is -0.730. The predicted octanol–water partition coefficient (Wildman–Crippen LogP) is 7.83. The molecule has 172 valence electrons. The van der Waals surface area contributed by atoms with Crippen LogP contribution < -0.4 is 0 Å². The second-order valence-corrected chi connectivity index (χ2v) is 8.48. The second-order valence-electron chi connectivity index (χ2n) is 8.48. The van der Waals surface area contributed by atoms with Gasteiger partial charge in [-0.1, -0.05) is 110 Å². The van der Waals surface area contributed by atoms with Crippen LogP contribution in [0.15, 0.2) is 0 Å². The van der Waals surface area contributed by atoms with Crippen molar-refractivity contribution < 1.29 is 19.4 Å². The van der Waals surface area contributed by atoms with E-state index in [9.17, 15) is 9.59 Å². The third-order valence-electron chi connectivity index (χ3n) is 5.53. The Labute approximate surface area is 180 Å². The summed E-state index contributed by atoms with van der Waals surface area (Å²) in [6.07, 6.45) is 23.7. The third kappa shape index (κ3) is 24.9. The maximum atomic E-state index is 11.7. The number of ether oxygens (including phenoxy) is 1. The first-order chi connectivity index (χ1) is 14.2. The molecule has 0 aromatic rings. The van der Waals surface area contributed by atoms with E-state index in [2.05, 4.69) is 6.92 Å². The molecule has 4 nitrogen and oxygen atoms in total. The topological polar surface area (TPSA) is 63.6 Å². The smallest absolute Gasteiger partial charge is 0.305 e. The molecular weight excluding hydrogens is 364 g/mol. The fourth-order valence-corrected chi connectivity index (χ4v) is 3.63. The second kappa shape index (κ2) is 23.2. The molecule has 4 heteroatoms. The SMILES string of the molecule is CCCCCCCCCCCCCOC(=O)CCCCCCCCCCC(=O)O. The van der Waals surface area contributed by atoms with Crippen LogP contribution in [-0.4, -0.2) is 23.7 Å². The van der Waals surface area contributed by atoms with Gasteiger partial charge in [0.05, 0.1) is 6.61 Å². The third-order valence-corrected chi connectivity index (χ3v) is 5.53. The van der Waals surface area contributed by atoms with Crippen LogP contribution in [0.1, 0.15) is 142 Å². The molecule has 0 aromatic heterocycles. The van der Waals surface area contributed by atoms with Gasteiger partial charge >= 0.3 is 11.9 Å². The van der Waals surface area contributed by atoms with Gasteiger partial charge in [-0.25, -0.2) is 0 Å². The fraction of sp³-hybridized carbons (Fsp3) is 0.920. The predicted molar refractivity (Wildman–Crippen MR) is 121 cm³/mol.